The zero-order valence-electron chi connectivity index (χ0n) is 7.84. The molecule has 7 heteroatoms. The summed E-state index contributed by atoms with van der Waals surface area (Å²) >= 11 is 0. The molecule has 1 aromatic heterocycles. The fraction of sp³-hybridized carbons (Fsp3) is 0.500. The Morgan fingerprint density at radius 3 is 2.93 bits per heavy atom. The summed E-state index contributed by atoms with van der Waals surface area (Å²) in [5, 5.41) is 6.01. The lowest BCUT2D eigenvalue weighted by Crippen LogP contribution is -2.35. The Kier molecular flexibility index (Phi) is 2.47. The molecule has 0 aromatic carbocycles. The highest BCUT2D eigenvalue weighted by atomic mass is 32.2. The van der Waals surface area contributed by atoms with Gasteiger partial charge in [0.05, 0.1) is 23.3 Å². The molecular formula is C8H10N2O4S. The first kappa shape index (κ1) is 10.2. The van der Waals surface area contributed by atoms with Gasteiger partial charge < -0.3 is 9.84 Å². The lowest BCUT2D eigenvalue weighted by molar-refractivity contribution is 0.0940. The Hall–Kier alpha value is -1.37. The summed E-state index contributed by atoms with van der Waals surface area (Å²) in [5.74, 6) is -0.190. The molecule has 1 aromatic rings. The Labute approximate surface area is 86.6 Å². The number of sulfone groups is 1. The van der Waals surface area contributed by atoms with Crippen LogP contribution in [0.25, 0.3) is 0 Å². The van der Waals surface area contributed by atoms with Crippen molar-refractivity contribution in [2.24, 2.45) is 0 Å². The number of rotatable bonds is 2. The maximum absolute atomic E-state index is 11.5. The number of hydrogen-bond donors (Lipinski definition) is 1. The standard InChI is InChI=1S/C8H10N2O4S/c11-8(6-3-9-14-4-6)10-7-1-2-15(12,13)5-7/h3-4,7H,1-2,5H2,(H,10,11). The van der Waals surface area contributed by atoms with Crippen molar-refractivity contribution in [2.75, 3.05) is 11.5 Å². The number of amides is 1. The van der Waals surface area contributed by atoms with Gasteiger partial charge in [-0.25, -0.2) is 8.42 Å². The van der Waals surface area contributed by atoms with Crippen LogP contribution in [-0.4, -0.2) is 37.0 Å². The van der Waals surface area contributed by atoms with E-state index >= 15 is 0 Å². The second-order valence-corrected chi connectivity index (χ2v) is 5.72. The van der Waals surface area contributed by atoms with E-state index in [1.54, 1.807) is 0 Å². The van der Waals surface area contributed by atoms with Crippen LogP contribution in [0.15, 0.2) is 17.0 Å². The molecule has 0 spiro atoms. The van der Waals surface area contributed by atoms with E-state index < -0.39 is 9.84 Å². The number of hydrogen-bond acceptors (Lipinski definition) is 5. The fourth-order valence-corrected chi connectivity index (χ4v) is 3.17. The molecule has 1 amide bonds. The van der Waals surface area contributed by atoms with Crippen molar-refractivity contribution >= 4 is 15.7 Å². The van der Waals surface area contributed by atoms with Crippen LogP contribution in [0.4, 0.5) is 0 Å². The summed E-state index contributed by atoms with van der Waals surface area (Å²) in [7, 11) is -2.96. The summed E-state index contributed by atoms with van der Waals surface area (Å²) in [6.45, 7) is 0. The van der Waals surface area contributed by atoms with E-state index in [9.17, 15) is 13.2 Å². The van der Waals surface area contributed by atoms with Gasteiger partial charge in [0.15, 0.2) is 9.84 Å². The smallest absolute Gasteiger partial charge is 0.256 e. The zero-order chi connectivity index (χ0) is 10.9. The SMILES string of the molecule is O=C(NC1CCS(=O)(=O)C1)c1cnoc1. The molecule has 6 nitrogen and oxygen atoms in total. The highest BCUT2D eigenvalue weighted by molar-refractivity contribution is 7.91. The van der Waals surface area contributed by atoms with Crippen molar-refractivity contribution in [1.29, 1.82) is 0 Å². The van der Waals surface area contributed by atoms with Gasteiger partial charge in [0.1, 0.15) is 6.26 Å². The summed E-state index contributed by atoms with van der Waals surface area (Å²) in [5.41, 5.74) is 0.305. The van der Waals surface area contributed by atoms with Gasteiger partial charge >= 0.3 is 0 Å². The number of aromatic nitrogens is 1. The van der Waals surface area contributed by atoms with Crippen LogP contribution in [0.5, 0.6) is 0 Å². The second-order valence-electron chi connectivity index (χ2n) is 3.49. The molecule has 1 aliphatic rings. The normalized spacial score (nSPS) is 23.9. The molecule has 82 valence electrons. The van der Waals surface area contributed by atoms with E-state index in [1.807, 2.05) is 0 Å². The molecule has 1 saturated heterocycles. The zero-order valence-corrected chi connectivity index (χ0v) is 8.66. The van der Waals surface area contributed by atoms with Crippen LogP contribution in [-0.2, 0) is 9.84 Å². The number of carbonyl (C=O) groups excluding carboxylic acids is 1. The Morgan fingerprint density at radius 2 is 2.40 bits per heavy atom. The minimum absolute atomic E-state index is 0.0179. The van der Waals surface area contributed by atoms with Gasteiger partial charge in [0.25, 0.3) is 5.91 Å². The lowest BCUT2D eigenvalue weighted by Gasteiger charge is -2.08. The van der Waals surface area contributed by atoms with Crippen molar-refractivity contribution in [1.82, 2.24) is 10.5 Å². The van der Waals surface area contributed by atoms with Crippen molar-refractivity contribution < 1.29 is 17.7 Å². The number of carbonyl (C=O) groups is 1. The van der Waals surface area contributed by atoms with Crippen molar-refractivity contribution in [2.45, 2.75) is 12.5 Å². The molecular weight excluding hydrogens is 220 g/mol. The largest absolute Gasteiger partial charge is 0.364 e. The second kappa shape index (κ2) is 3.65. The van der Waals surface area contributed by atoms with E-state index in [-0.39, 0.29) is 23.5 Å². The molecule has 15 heavy (non-hydrogen) atoms. The molecule has 2 heterocycles. The van der Waals surface area contributed by atoms with Crippen LogP contribution < -0.4 is 5.32 Å². The third-order valence-electron chi connectivity index (χ3n) is 2.26. The van der Waals surface area contributed by atoms with E-state index in [2.05, 4.69) is 15.0 Å². The van der Waals surface area contributed by atoms with Gasteiger partial charge in [-0.05, 0) is 6.42 Å². The predicted molar refractivity (Wildman–Crippen MR) is 51.0 cm³/mol. The highest BCUT2D eigenvalue weighted by Crippen LogP contribution is 2.11. The topological polar surface area (TPSA) is 89.3 Å². The van der Waals surface area contributed by atoms with Gasteiger partial charge in [-0.3, -0.25) is 4.79 Å². The average molecular weight is 230 g/mol. The van der Waals surface area contributed by atoms with Gasteiger partial charge in [-0.15, -0.1) is 0 Å². The van der Waals surface area contributed by atoms with Gasteiger partial charge in [-0.2, -0.15) is 0 Å². The summed E-state index contributed by atoms with van der Waals surface area (Å²) in [6, 6.07) is -0.294. The third kappa shape index (κ3) is 2.35. The highest BCUT2D eigenvalue weighted by Gasteiger charge is 2.29. The van der Waals surface area contributed by atoms with E-state index in [1.165, 1.54) is 12.5 Å². The van der Waals surface area contributed by atoms with Crippen LogP contribution in [0, 0.1) is 0 Å². The maximum atomic E-state index is 11.5. The molecule has 0 saturated carbocycles. The monoisotopic (exact) mass is 230 g/mol. The van der Waals surface area contributed by atoms with Gasteiger partial charge in [0, 0.05) is 6.04 Å². The van der Waals surface area contributed by atoms with Crippen LogP contribution in [0.1, 0.15) is 16.8 Å². The minimum Gasteiger partial charge on any atom is -0.364 e. The van der Waals surface area contributed by atoms with E-state index in [4.69, 9.17) is 0 Å². The van der Waals surface area contributed by atoms with Gasteiger partial charge in [0.2, 0.25) is 0 Å². The molecule has 0 bridgehead atoms. The van der Waals surface area contributed by atoms with Crippen LogP contribution >= 0.6 is 0 Å². The number of nitrogens with one attached hydrogen (secondary N) is 1. The number of nitrogens with zero attached hydrogens (tertiary/aromatic N) is 1. The molecule has 1 aliphatic heterocycles. The van der Waals surface area contributed by atoms with Crippen molar-refractivity contribution in [3.63, 3.8) is 0 Å². The van der Waals surface area contributed by atoms with Crippen molar-refractivity contribution in [3.05, 3.63) is 18.0 Å². The van der Waals surface area contributed by atoms with Crippen molar-refractivity contribution in [3.8, 4) is 0 Å². The maximum Gasteiger partial charge on any atom is 0.256 e. The Morgan fingerprint density at radius 1 is 1.60 bits per heavy atom. The average Bonchev–Trinajstić information content (AvgIpc) is 2.74. The van der Waals surface area contributed by atoms with Gasteiger partial charge in [-0.1, -0.05) is 5.16 Å². The molecule has 1 fully saturated rings. The molecule has 0 radical (unpaired) electrons. The fourth-order valence-electron chi connectivity index (χ4n) is 1.49. The van der Waals surface area contributed by atoms with Crippen LogP contribution in [0.3, 0.4) is 0 Å². The molecule has 1 N–H and O–H groups in total. The summed E-state index contributed by atoms with van der Waals surface area (Å²) in [6.07, 6.45) is 2.98. The Bertz CT molecular complexity index is 451. The molecule has 0 aliphatic carbocycles. The van der Waals surface area contributed by atoms with E-state index in [0.717, 1.165) is 0 Å². The molecule has 1 atom stereocenters. The molecule has 2 rings (SSSR count). The summed E-state index contributed by atoms with van der Waals surface area (Å²) in [4.78, 5) is 11.5. The summed E-state index contributed by atoms with van der Waals surface area (Å²) < 4.78 is 26.8. The molecule has 1 unspecified atom stereocenters. The van der Waals surface area contributed by atoms with E-state index in [0.29, 0.717) is 12.0 Å². The van der Waals surface area contributed by atoms with Crippen LogP contribution in [0.2, 0.25) is 0 Å². The Balaban J connectivity index is 1.97. The first-order valence-corrected chi connectivity index (χ1v) is 6.30. The third-order valence-corrected chi connectivity index (χ3v) is 4.03. The first-order chi connectivity index (χ1) is 7.07. The minimum atomic E-state index is -2.96. The predicted octanol–water partition coefficient (Wildman–Crippen LogP) is -0.408. The quantitative estimate of drug-likeness (QED) is 0.746. The first-order valence-electron chi connectivity index (χ1n) is 4.47. The lowest BCUT2D eigenvalue weighted by atomic mass is 10.2.